The van der Waals surface area contributed by atoms with Crippen molar-refractivity contribution in [1.29, 1.82) is 0 Å². The molecule has 2 aromatic carbocycles. The maximum absolute atomic E-state index is 14.0. The van der Waals surface area contributed by atoms with E-state index in [1.54, 1.807) is 39.0 Å². The van der Waals surface area contributed by atoms with Crippen LogP contribution >= 0.6 is 0 Å². The SMILES string of the molecule is COc1ccc(F)c(Oc2ccc(N)c(CN(C(=O)O)C(C)(C)C)c2)c1. The van der Waals surface area contributed by atoms with Crippen LogP contribution in [0.4, 0.5) is 14.9 Å². The van der Waals surface area contributed by atoms with Crippen LogP contribution in [-0.4, -0.2) is 28.7 Å². The highest BCUT2D eigenvalue weighted by atomic mass is 19.1. The largest absolute Gasteiger partial charge is 0.497 e. The molecule has 0 aliphatic rings. The van der Waals surface area contributed by atoms with Crippen LogP contribution < -0.4 is 15.2 Å². The molecule has 0 radical (unpaired) electrons. The number of halogens is 1. The van der Waals surface area contributed by atoms with E-state index in [9.17, 15) is 14.3 Å². The summed E-state index contributed by atoms with van der Waals surface area (Å²) in [6.07, 6.45) is -1.05. The van der Waals surface area contributed by atoms with Crippen molar-refractivity contribution in [3.63, 3.8) is 0 Å². The van der Waals surface area contributed by atoms with Crippen LogP contribution in [0.3, 0.4) is 0 Å². The van der Waals surface area contributed by atoms with Crippen LogP contribution in [0.5, 0.6) is 17.2 Å². The minimum atomic E-state index is -1.05. The fourth-order valence-electron chi connectivity index (χ4n) is 2.36. The van der Waals surface area contributed by atoms with E-state index in [1.165, 1.54) is 30.2 Å². The highest BCUT2D eigenvalue weighted by Crippen LogP contribution is 2.31. The third-order valence-electron chi connectivity index (χ3n) is 3.85. The van der Waals surface area contributed by atoms with Crippen molar-refractivity contribution in [2.24, 2.45) is 0 Å². The van der Waals surface area contributed by atoms with Crippen molar-refractivity contribution in [1.82, 2.24) is 4.90 Å². The predicted octanol–water partition coefficient (Wildman–Crippen LogP) is 4.49. The zero-order valence-electron chi connectivity index (χ0n) is 15.2. The highest BCUT2D eigenvalue weighted by molar-refractivity contribution is 5.66. The van der Waals surface area contributed by atoms with Gasteiger partial charge in [0.1, 0.15) is 11.5 Å². The number of hydrogen-bond acceptors (Lipinski definition) is 4. The Hall–Kier alpha value is -2.96. The molecule has 0 aromatic heterocycles. The number of nitrogen functional groups attached to an aromatic ring is 1. The molecule has 0 saturated carbocycles. The number of hydrogen-bond donors (Lipinski definition) is 2. The molecular formula is C19H23FN2O4. The monoisotopic (exact) mass is 362 g/mol. The predicted molar refractivity (Wildman–Crippen MR) is 97.2 cm³/mol. The Balaban J connectivity index is 2.31. The number of ether oxygens (including phenoxy) is 2. The molecule has 6 nitrogen and oxygen atoms in total. The van der Waals surface area contributed by atoms with Gasteiger partial charge in [0, 0.05) is 17.3 Å². The number of rotatable bonds is 5. The Labute approximate surface area is 151 Å². The molecule has 0 bridgehead atoms. The molecule has 3 N–H and O–H groups in total. The number of nitrogens with zero attached hydrogens (tertiary/aromatic N) is 1. The lowest BCUT2D eigenvalue weighted by atomic mass is 10.0. The van der Waals surface area contributed by atoms with Crippen molar-refractivity contribution in [3.05, 3.63) is 47.8 Å². The van der Waals surface area contributed by atoms with Gasteiger partial charge in [-0.25, -0.2) is 9.18 Å². The van der Waals surface area contributed by atoms with Crippen molar-refractivity contribution < 1.29 is 23.8 Å². The summed E-state index contributed by atoms with van der Waals surface area (Å²) in [5, 5.41) is 9.45. The topological polar surface area (TPSA) is 85.0 Å². The van der Waals surface area contributed by atoms with E-state index < -0.39 is 17.4 Å². The van der Waals surface area contributed by atoms with Crippen molar-refractivity contribution in [3.8, 4) is 17.2 Å². The summed E-state index contributed by atoms with van der Waals surface area (Å²) in [5.74, 6) is 0.277. The van der Waals surface area contributed by atoms with Crippen LogP contribution in [-0.2, 0) is 6.54 Å². The molecule has 0 aliphatic heterocycles. The quantitative estimate of drug-likeness (QED) is 0.766. The van der Waals surface area contributed by atoms with Crippen molar-refractivity contribution in [2.75, 3.05) is 12.8 Å². The summed E-state index contributed by atoms with van der Waals surface area (Å²) in [6.45, 7) is 5.47. The average Bonchev–Trinajstić information content (AvgIpc) is 2.55. The molecule has 1 amide bonds. The fraction of sp³-hybridized carbons (Fsp3) is 0.316. The molecule has 0 spiro atoms. The molecule has 26 heavy (non-hydrogen) atoms. The first-order valence-corrected chi connectivity index (χ1v) is 8.02. The molecule has 0 unspecified atom stereocenters. The summed E-state index contributed by atoms with van der Waals surface area (Å²) in [4.78, 5) is 12.8. The van der Waals surface area contributed by atoms with Crippen LogP contribution in [0, 0.1) is 5.82 Å². The van der Waals surface area contributed by atoms with E-state index in [0.717, 1.165) is 0 Å². The molecule has 0 saturated heterocycles. The summed E-state index contributed by atoms with van der Waals surface area (Å²) in [5.41, 5.74) is 6.38. The fourth-order valence-corrected chi connectivity index (χ4v) is 2.36. The number of carbonyl (C=O) groups is 1. The lowest BCUT2D eigenvalue weighted by Crippen LogP contribution is -2.44. The lowest BCUT2D eigenvalue weighted by Gasteiger charge is -2.33. The van der Waals surface area contributed by atoms with Crippen molar-refractivity contribution >= 4 is 11.8 Å². The number of carboxylic acid groups (broad SMARTS) is 1. The average molecular weight is 362 g/mol. The number of methoxy groups -OCH3 is 1. The second kappa shape index (κ2) is 7.51. The molecule has 2 aromatic rings. The first-order chi connectivity index (χ1) is 12.1. The maximum Gasteiger partial charge on any atom is 0.408 e. The van der Waals surface area contributed by atoms with Gasteiger partial charge in [0.2, 0.25) is 0 Å². The molecule has 2 rings (SSSR count). The van der Waals surface area contributed by atoms with Crippen LogP contribution in [0.25, 0.3) is 0 Å². The summed E-state index contributed by atoms with van der Waals surface area (Å²) < 4.78 is 24.6. The molecule has 7 heteroatoms. The lowest BCUT2D eigenvalue weighted by molar-refractivity contribution is 0.0956. The van der Waals surface area contributed by atoms with Crippen LogP contribution in [0.2, 0.25) is 0 Å². The summed E-state index contributed by atoms with van der Waals surface area (Å²) >= 11 is 0. The zero-order chi connectivity index (χ0) is 19.5. The smallest absolute Gasteiger partial charge is 0.408 e. The number of amides is 1. The van der Waals surface area contributed by atoms with Crippen LogP contribution in [0.15, 0.2) is 36.4 Å². The molecule has 0 aliphatic carbocycles. The van der Waals surface area contributed by atoms with E-state index >= 15 is 0 Å². The van der Waals surface area contributed by atoms with E-state index in [4.69, 9.17) is 15.2 Å². The van der Waals surface area contributed by atoms with E-state index in [0.29, 0.717) is 22.7 Å². The van der Waals surface area contributed by atoms with Gasteiger partial charge in [-0.2, -0.15) is 0 Å². The third kappa shape index (κ3) is 4.56. The Morgan fingerprint density at radius 3 is 2.42 bits per heavy atom. The highest BCUT2D eigenvalue weighted by Gasteiger charge is 2.26. The van der Waals surface area contributed by atoms with Gasteiger partial charge in [0.25, 0.3) is 0 Å². The van der Waals surface area contributed by atoms with Gasteiger partial charge in [0.15, 0.2) is 11.6 Å². The van der Waals surface area contributed by atoms with E-state index in [2.05, 4.69) is 0 Å². The van der Waals surface area contributed by atoms with Gasteiger partial charge in [0.05, 0.1) is 13.7 Å². The first kappa shape index (κ1) is 19.4. The standard InChI is InChI=1S/C19H23FN2O4/c1-19(2,3)22(18(23)24)11-12-9-14(6-8-16(12)21)26-17-10-13(25-4)5-7-15(17)20/h5-10H,11,21H2,1-4H3,(H,23,24). The third-order valence-corrected chi connectivity index (χ3v) is 3.85. The maximum atomic E-state index is 14.0. The van der Waals surface area contributed by atoms with Gasteiger partial charge >= 0.3 is 6.09 Å². The molecule has 140 valence electrons. The zero-order valence-corrected chi connectivity index (χ0v) is 15.2. The molecule has 0 atom stereocenters. The second-order valence-corrected chi connectivity index (χ2v) is 6.80. The second-order valence-electron chi connectivity index (χ2n) is 6.80. The molecule has 0 heterocycles. The number of anilines is 1. The van der Waals surface area contributed by atoms with Crippen LogP contribution in [0.1, 0.15) is 26.3 Å². The minimum Gasteiger partial charge on any atom is -0.497 e. The Bertz CT molecular complexity index is 803. The minimum absolute atomic E-state index is 0.00554. The molecular weight excluding hydrogens is 339 g/mol. The van der Waals surface area contributed by atoms with Gasteiger partial charge in [-0.05, 0) is 56.7 Å². The van der Waals surface area contributed by atoms with Gasteiger partial charge in [-0.1, -0.05) is 0 Å². The van der Waals surface area contributed by atoms with Gasteiger partial charge in [-0.15, -0.1) is 0 Å². The number of nitrogens with two attached hydrogens (primary N) is 1. The van der Waals surface area contributed by atoms with E-state index in [-0.39, 0.29) is 12.3 Å². The first-order valence-electron chi connectivity index (χ1n) is 8.02. The number of benzene rings is 2. The summed E-state index contributed by atoms with van der Waals surface area (Å²) in [7, 11) is 1.48. The molecule has 0 fully saturated rings. The Morgan fingerprint density at radius 1 is 1.19 bits per heavy atom. The summed E-state index contributed by atoms with van der Waals surface area (Å²) in [6, 6.07) is 8.98. The normalized spacial score (nSPS) is 11.1. The van der Waals surface area contributed by atoms with Gasteiger partial charge < -0.3 is 20.3 Å². The van der Waals surface area contributed by atoms with Gasteiger partial charge in [-0.3, -0.25) is 4.90 Å². The van der Waals surface area contributed by atoms with Crippen molar-refractivity contribution in [2.45, 2.75) is 32.9 Å². The Morgan fingerprint density at radius 2 is 1.85 bits per heavy atom. The Kier molecular flexibility index (Phi) is 5.59. The van der Waals surface area contributed by atoms with E-state index in [1.807, 2.05) is 0 Å².